The zero-order valence-corrected chi connectivity index (χ0v) is 9.30. The fourth-order valence-electron chi connectivity index (χ4n) is 2.31. The van der Waals surface area contributed by atoms with E-state index in [4.69, 9.17) is 0 Å². The smallest absolute Gasteiger partial charge is 0.0108 e. The van der Waals surface area contributed by atoms with E-state index in [9.17, 15) is 0 Å². The Morgan fingerprint density at radius 2 is 2.00 bits per heavy atom. The Hall–Kier alpha value is -0.820. The summed E-state index contributed by atoms with van der Waals surface area (Å²) in [6, 6.07) is 7.52. The first-order valence-electron chi connectivity index (χ1n) is 5.49. The van der Waals surface area contributed by atoms with E-state index in [1.165, 1.54) is 29.7 Å². The molecule has 1 N–H and O–H groups in total. The number of rotatable bonds is 1. The molecule has 0 bridgehead atoms. The molecule has 1 fully saturated rings. The number of hydrogen-bond acceptors (Lipinski definition) is 1. The molecule has 1 saturated heterocycles. The summed E-state index contributed by atoms with van der Waals surface area (Å²) in [4.78, 5) is 0. The highest BCUT2D eigenvalue weighted by molar-refractivity contribution is 5.33. The number of aryl methyl sites for hydroxylation is 2. The number of nitrogens with one attached hydrogen (secondary N) is 1. The van der Waals surface area contributed by atoms with Gasteiger partial charge in [0, 0.05) is 12.0 Å². The third-order valence-electron chi connectivity index (χ3n) is 3.48. The molecule has 0 aromatic heterocycles. The van der Waals surface area contributed by atoms with Crippen molar-refractivity contribution in [3.05, 3.63) is 34.9 Å². The summed E-state index contributed by atoms with van der Waals surface area (Å²) in [5, 5.41) is 3.50. The molecule has 0 saturated carbocycles. The van der Waals surface area contributed by atoms with Crippen LogP contribution in [0.4, 0.5) is 0 Å². The maximum Gasteiger partial charge on any atom is 0.0108 e. The van der Waals surface area contributed by atoms with Gasteiger partial charge in [0.25, 0.3) is 0 Å². The SMILES string of the molecule is Cc1ccc(C2CCN[C@@H]2C)cc1C. The van der Waals surface area contributed by atoms with E-state index in [0.717, 1.165) is 0 Å². The number of benzene rings is 1. The largest absolute Gasteiger partial charge is 0.314 e. The van der Waals surface area contributed by atoms with Crippen LogP contribution in [-0.4, -0.2) is 12.6 Å². The molecule has 1 unspecified atom stereocenters. The summed E-state index contributed by atoms with van der Waals surface area (Å²) in [6.45, 7) is 7.83. The van der Waals surface area contributed by atoms with Crippen molar-refractivity contribution in [3.63, 3.8) is 0 Å². The van der Waals surface area contributed by atoms with Gasteiger partial charge in [-0.25, -0.2) is 0 Å². The van der Waals surface area contributed by atoms with Gasteiger partial charge in [0.2, 0.25) is 0 Å². The second-order valence-electron chi connectivity index (χ2n) is 4.48. The highest BCUT2D eigenvalue weighted by Crippen LogP contribution is 2.28. The van der Waals surface area contributed by atoms with Crippen LogP contribution in [0.1, 0.15) is 36.0 Å². The molecule has 1 nitrogen and oxygen atoms in total. The molecule has 1 aromatic carbocycles. The van der Waals surface area contributed by atoms with E-state index >= 15 is 0 Å². The van der Waals surface area contributed by atoms with E-state index in [2.05, 4.69) is 44.3 Å². The van der Waals surface area contributed by atoms with Crippen LogP contribution in [0.15, 0.2) is 18.2 Å². The fraction of sp³-hybridized carbons (Fsp3) is 0.538. The van der Waals surface area contributed by atoms with Gasteiger partial charge in [-0.15, -0.1) is 0 Å². The minimum atomic E-state index is 0.636. The fourth-order valence-corrected chi connectivity index (χ4v) is 2.31. The average Bonchev–Trinajstić information content (AvgIpc) is 2.57. The van der Waals surface area contributed by atoms with Gasteiger partial charge in [-0.3, -0.25) is 0 Å². The molecule has 1 aliphatic heterocycles. The predicted molar refractivity (Wildman–Crippen MR) is 60.7 cm³/mol. The third kappa shape index (κ3) is 1.69. The average molecular weight is 189 g/mol. The van der Waals surface area contributed by atoms with Crippen LogP contribution in [0.2, 0.25) is 0 Å². The van der Waals surface area contributed by atoms with Crippen LogP contribution in [0.5, 0.6) is 0 Å². The Labute approximate surface area is 86.5 Å². The normalized spacial score (nSPS) is 26.8. The molecule has 1 heteroatoms. The first-order valence-corrected chi connectivity index (χ1v) is 5.49. The van der Waals surface area contributed by atoms with Crippen molar-refractivity contribution in [2.75, 3.05) is 6.54 Å². The van der Waals surface area contributed by atoms with E-state index in [-0.39, 0.29) is 0 Å². The van der Waals surface area contributed by atoms with Crippen molar-refractivity contribution in [2.24, 2.45) is 0 Å². The van der Waals surface area contributed by atoms with Crippen molar-refractivity contribution in [2.45, 2.75) is 39.2 Å². The Balaban J connectivity index is 2.28. The summed E-state index contributed by atoms with van der Waals surface area (Å²) in [5.74, 6) is 0.717. The second kappa shape index (κ2) is 3.74. The van der Waals surface area contributed by atoms with Crippen LogP contribution >= 0.6 is 0 Å². The standard InChI is InChI=1S/C13H19N/c1-9-4-5-12(8-10(9)2)13-6-7-14-11(13)3/h4-5,8,11,13-14H,6-7H2,1-3H3/t11-,13?/m1/s1. The Kier molecular flexibility index (Phi) is 2.60. The molecule has 76 valence electrons. The van der Waals surface area contributed by atoms with Gasteiger partial charge in [-0.05, 0) is 50.4 Å². The molecular formula is C13H19N. The summed E-state index contributed by atoms with van der Waals surface area (Å²) < 4.78 is 0. The first-order chi connectivity index (χ1) is 6.68. The van der Waals surface area contributed by atoms with E-state index < -0.39 is 0 Å². The van der Waals surface area contributed by atoms with E-state index in [0.29, 0.717) is 12.0 Å². The molecule has 2 rings (SSSR count). The zero-order chi connectivity index (χ0) is 10.1. The molecule has 0 aliphatic carbocycles. The molecule has 1 heterocycles. The maximum atomic E-state index is 3.50. The van der Waals surface area contributed by atoms with E-state index in [1.54, 1.807) is 0 Å². The molecule has 1 aromatic rings. The Morgan fingerprint density at radius 1 is 1.21 bits per heavy atom. The van der Waals surface area contributed by atoms with Gasteiger partial charge in [0.05, 0.1) is 0 Å². The minimum absolute atomic E-state index is 0.636. The van der Waals surface area contributed by atoms with Crippen LogP contribution in [0.3, 0.4) is 0 Å². The lowest BCUT2D eigenvalue weighted by molar-refractivity contribution is 0.594. The third-order valence-corrected chi connectivity index (χ3v) is 3.48. The lowest BCUT2D eigenvalue weighted by atomic mass is 9.91. The Morgan fingerprint density at radius 3 is 2.57 bits per heavy atom. The first kappa shape index (κ1) is 9.72. The van der Waals surface area contributed by atoms with Crippen LogP contribution in [0.25, 0.3) is 0 Å². The quantitative estimate of drug-likeness (QED) is 0.716. The monoisotopic (exact) mass is 189 g/mol. The lowest BCUT2D eigenvalue weighted by Crippen LogP contribution is -2.21. The van der Waals surface area contributed by atoms with Crippen LogP contribution < -0.4 is 5.32 Å². The highest BCUT2D eigenvalue weighted by atomic mass is 14.9. The van der Waals surface area contributed by atoms with E-state index in [1.807, 2.05) is 0 Å². The summed E-state index contributed by atoms with van der Waals surface area (Å²) in [5.41, 5.74) is 4.32. The molecule has 0 amide bonds. The van der Waals surface area contributed by atoms with Crippen molar-refractivity contribution >= 4 is 0 Å². The van der Waals surface area contributed by atoms with Crippen molar-refractivity contribution in [1.82, 2.24) is 5.32 Å². The summed E-state index contributed by atoms with van der Waals surface area (Å²) >= 11 is 0. The van der Waals surface area contributed by atoms with Crippen LogP contribution in [-0.2, 0) is 0 Å². The van der Waals surface area contributed by atoms with Crippen molar-refractivity contribution in [1.29, 1.82) is 0 Å². The predicted octanol–water partition coefficient (Wildman–Crippen LogP) is 2.77. The number of hydrogen-bond donors (Lipinski definition) is 1. The van der Waals surface area contributed by atoms with Crippen LogP contribution in [0, 0.1) is 13.8 Å². The van der Waals surface area contributed by atoms with Gasteiger partial charge < -0.3 is 5.32 Å². The Bertz CT molecular complexity index is 330. The topological polar surface area (TPSA) is 12.0 Å². The molecular weight excluding hydrogens is 170 g/mol. The molecule has 1 aliphatic rings. The molecule has 2 atom stereocenters. The van der Waals surface area contributed by atoms with Gasteiger partial charge in [0.1, 0.15) is 0 Å². The zero-order valence-electron chi connectivity index (χ0n) is 9.30. The van der Waals surface area contributed by atoms with Gasteiger partial charge in [0.15, 0.2) is 0 Å². The molecule has 14 heavy (non-hydrogen) atoms. The summed E-state index contributed by atoms with van der Waals surface area (Å²) in [6.07, 6.45) is 1.28. The van der Waals surface area contributed by atoms with Gasteiger partial charge >= 0.3 is 0 Å². The minimum Gasteiger partial charge on any atom is -0.314 e. The van der Waals surface area contributed by atoms with Crippen molar-refractivity contribution in [3.8, 4) is 0 Å². The maximum absolute atomic E-state index is 3.50. The summed E-state index contributed by atoms with van der Waals surface area (Å²) in [7, 11) is 0. The lowest BCUT2D eigenvalue weighted by Gasteiger charge is -2.16. The van der Waals surface area contributed by atoms with Crippen molar-refractivity contribution < 1.29 is 0 Å². The van der Waals surface area contributed by atoms with Gasteiger partial charge in [-0.1, -0.05) is 18.2 Å². The van der Waals surface area contributed by atoms with Gasteiger partial charge in [-0.2, -0.15) is 0 Å². The molecule has 0 radical (unpaired) electrons. The molecule has 0 spiro atoms. The highest BCUT2D eigenvalue weighted by Gasteiger charge is 2.24. The second-order valence-corrected chi connectivity index (χ2v) is 4.48.